The minimum Gasteiger partial charge on any atom is -0.316 e. The van der Waals surface area contributed by atoms with Crippen LogP contribution in [0.5, 0.6) is 0 Å². The zero-order valence-corrected chi connectivity index (χ0v) is 10.2. The molecule has 1 aliphatic rings. The highest BCUT2D eigenvalue weighted by Gasteiger charge is 2.36. The van der Waals surface area contributed by atoms with Gasteiger partial charge in [-0.1, -0.05) is 33.6 Å². The molecule has 0 amide bonds. The van der Waals surface area contributed by atoms with E-state index in [2.05, 4.69) is 26.1 Å². The lowest BCUT2D eigenvalue weighted by Crippen LogP contribution is -2.38. The van der Waals surface area contributed by atoms with Crippen molar-refractivity contribution in [2.45, 2.75) is 59.3 Å². The Morgan fingerprint density at radius 3 is 2.07 bits per heavy atom. The Morgan fingerprint density at radius 2 is 1.64 bits per heavy atom. The van der Waals surface area contributed by atoms with Crippen LogP contribution in [0, 0.1) is 11.3 Å². The second-order valence-corrected chi connectivity index (χ2v) is 4.83. The summed E-state index contributed by atoms with van der Waals surface area (Å²) in [6.07, 6.45) is 8.60. The van der Waals surface area contributed by atoms with Gasteiger partial charge in [0.2, 0.25) is 0 Å². The van der Waals surface area contributed by atoms with Gasteiger partial charge in [-0.2, -0.15) is 0 Å². The average Bonchev–Trinajstić information content (AvgIpc) is 2.74. The van der Waals surface area contributed by atoms with Crippen LogP contribution in [0.1, 0.15) is 59.3 Å². The van der Waals surface area contributed by atoms with E-state index in [1.807, 2.05) is 0 Å². The molecule has 1 saturated carbocycles. The topological polar surface area (TPSA) is 12.0 Å². The molecule has 0 heterocycles. The van der Waals surface area contributed by atoms with Crippen LogP contribution in [0.4, 0.5) is 0 Å². The van der Waals surface area contributed by atoms with Gasteiger partial charge in [0, 0.05) is 6.54 Å². The van der Waals surface area contributed by atoms with Gasteiger partial charge in [0.1, 0.15) is 0 Å². The van der Waals surface area contributed by atoms with Crippen molar-refractivity contribution in [1.29, 1.82) is 0 Å². The molecule has 0 aromatic rings. The van der Waals surface area contributed by atoms with E-state index in [1.165, 1.54) is 45.1 Å². The van der Waals surface area contributed by atoms with Gasteiger partial charge >= 0.3 is 0 Å². The second kappa shape index (κ2) is 5.75. The highest BCUT2D eigenvalue weighted by Crippen LogP contribution is 2.44. The zero-order chi connectivity index (χ0) is 10.4. The van der Waals surface area contributed by atoms with Gasteiger partial charge in [-0.3, -0.25) is 0 Å². The first-order valence-corrected chi connectivity index (χ1v) is 6.49. The summed E-state index contributed by atoms with van der Waals surface area (Å²) >= 11 is 0. The fourth-order valence-corrected chi connectivity index (χ4v) is 3.13. The molecule has 0 atom stereocenters. The molecule has 0 bridgehead atoms. The number of nitrogens with one attached hydrogen (secondary N) is 1. The molecule has 0 saturated heterocycles. The predicted molar refractivity (Wildman–Crippen MR) is 63.5 cm³/mol. The molecule has 1 N–H and O–H groups in total. The van der Waals surface area contributed by atoms with Gasteiger partial charge in [0.15, 0.2) is 0 Å². The lowest BCUT2D eigenvalue weighted by atomic mass is 9.70. The molecule has 84 valence electrons. The highest BCUT2D eigenvalue weighted by molar-refractivity contribution is 4.88. The zero-order valence-electron chi connectivity index (χ0n) is 10.2. The lowest BCUT2D eigenvalue weighted by molar-refractivity contribution is 0.142. The minimum absolute atomic E-state index is 0.604. The molecule has 1 fully saturated rings. The van der Waals surface area contributed by atoms with Crippen molar-refractivity contribution in [2.24, 2.45) is 11.3 Å². The van der Waals surface area contributed by atoms with Crippen molar-refractivity contribution in [3.05, 3.63) is 0 Å². The van der Waals surface area contributed by atoms with Crippen molar-refractivity contribution >= 4 is 0 Å². The van der Waals surface area contributed by atoms with Gasteiger partial charge in [0.05, 0.1) is 0 Å². The Balaban J connectivity index is 2.57. The van der Waals surface area contributed by atoms with Crippen LogP contribution in [0.15, 0.2) is 0 Å². The summed E-state index contributed by atoms with van der Waals surface area (Å²) in [7, 11) is 0. The highest BCUT2D eigenvalue weighted by atomic mass is 14.9. The molecule has 1 aliphatic carbocycles. The van der Waals surface area contributed by atoms with E-state index in [0.29, 0.717) is 5.41 Å². The monoisotopic (exact) mass is 197 g/mol. The molecule has 1 rings (SSSR count). The van der Waals surface area contributed by atoms with Gasteiger partial charge in [0.25, 0.3) is 0 Å². The first-order valence-electron chi connectivity index (χ1n) is 6.49. The van der Waals surface area contributed by atoms with Gasteiger partial charge in [-0.15, -0.1) is 0 Å². The van der Waals surface area contributed by atoms with Crippen LogP contribution in [0.3, 0.4) is 0 Å². The van der Waals surface area contributed by atoms with Crippen molar-refractivity contribution in [3.63, 3.8) is 0 Å². The summed E-state index contributed by atoms with van der Waals surface area (Å²) < 4.78 is 0. The Labute approximate surface area is 89.7 Å². The Hall–Kier alpha value is -0.0400. The van der Waals surface area contributed by atoms with Crippen molar-refractivity contribution in [2.75, 3.05) is 13.1 Å². The third-order valence-electron chi connectivity index (χ3n) is 4.36. The van der Waals surface area contributed by atoms with Gasteiger partial charge < -0.3 is 5.32 Å². The summed E-state index contributed by atoms with van der Waals surface area (Å²) in [5.41, 5.74) is 0.604. The van der Waals surface area contributed by atoms with E-state index >= 15 is 0 Å². The molecule has 0 radical (unpaired) electrons. The van der Waals surface area contributed by atoms with Crippen LogP contribution in [-0.4, -0.2) is 13.1 Å². The molecular formula is C13H27N. The van der Waals surface area contributed by atoms with E-state index in [9.17, 15) is 0 Å². The first kappa shape index (κ1) is 12.0. The summed E-state index contributed by atoms with van der Waals surface area (Å²) in [6, 6.07) is 0. The Morgan fingerprint density at radius 1 is 1.07 bits per heavy atom. The number of hydrogen-bond donors (Lipinski definition) is 1. The third kappa shape index (κ3) is 2.50. The van der Waals surface area contributed by atoms with Crippen LogP contribution in [0.25, 0.3) is 0 Å². The fraction of sp³-hybridized carbons (Fsp3) is 1.00. The Kier molecular flexibility index (Phi) is 4.94. The quantitative estimate of drug-likeness (QED) is 0.686. The van der Waals surface area contributed by atoms with Crippen LogP contribution in [0.2, 0.25) is 0 Å². The second-order valence-electron chi connectivity index (χ2n) is 4.83. The maximum Gasteiger partial charge on any atom is 0.00101 e. The van der Waals surface area contributed by atoms with Crippen LogP contribution in [-0.2, 0) is 0 Å². The van der Waals surface area contributed by atoms with E-state index < -0.39 is 0 Å². The number of hydrogen-bond acceptors (Lipinski definition) is 1. The largest absolute Gasteiger partial charge is 0.316 e. The van der Waals surface area contributed by atoms with Crippen molar-refractivity contribution in [3.8, 4) is 0 Å². The summed E-state index contributed by atoms with van der Waals surface area (Å²) in [5.74, 6) is 0.997. The molecular weight excluding hydrogens is 170 g/mol. The van der Waals surface area contributed by atoms with Crippen LogP contribution < -0.4 is 5.32 Å². The lowest BCUT2D eigenvalue weighted by Gasteiger charge is -2.38. The van der Waals surface area contributed by atoms with Crippen LogP contribution >= 0.6 is 0 Å². The van der Waals surface area contributed by atoms with E-state index in [4.69, 9.17) is 0 Å². The maximum absolute atomic E-state index is 3.57. The summed E-state index contributed by atoms with van der Waals surface area (Å²) in [4.78, 5) is 0. The first-order chi connectivity index (χ1) is 6.79. The molecule has 0 aromatic heterocycles. The molecule has 14 heavy (non-hydrogen) atoms. The Bertz CT molecular complexity index is 143. The average molecular weight is 197 g/mol. The van der Waals surface area contributed by atoms with Gasteiger partial charge in [-0.25, -0.2) is 0 Å². The summed E-state index contributed by atoms with van der Waals surface area (Å²) in [6.45, 7) is 9.32. The molecule has 0 unspecified atom stereocenters. The third-order valence-corrected chi connectivity index (χ3v) is 4.36. The normalized spacial score (nSPS) is 19.1. The molecule has 0 spiro atoms. The van der Waals surface area contributed by atoms with Crippen molar-refractivity contribution < 1.29 is 0 Å². The maximum atomic E-state index is 3.57. The molecule has 1 nitrogen and oxygen atoms in total. The van der Waals surface area contributed by atoms with E-state index in [0.717, 1.165) is 12.5 Å². The van der Waals surface area contributed by atoms with E-state index in [-0.39, 0.29) is 0 Å². The predicted octanol–water partition coefficient (Wildman–Crippen LogP) is 3.59. The minimum atomic E-state index is 0.604. The smallest absolute Gasteiger partial charge is 0.00101 e. The fourth-order valence-electron chi connectivity index (χ4n) is 3.13. The molecule has 0 aromatic carbocycles. The molecule has 1 heteroatoms. The SMILES string of the molecule is CCNCC(CC)(CC)C1CCCC1. The van der Waals surface area contributed by atoms with Crippen molar-refractivity contribution in [1.82, 2.24) is 5.32 Å². The molecule has 0 aliphatic heterocycles. The van der Waals surface area contributed by atoms with E-state index in [1.54, 1.807) is 0 Å². The van der Waals surface area contributed by atoms with Gasteiger partial charge in [-0.05, 0) is 43.6 Å². The number of rotatable bonds is 6. The summed E-state index contributed by atoms with van der Waals surface area (Å²) in [5, 5.41) is 3.57. The standard InChI is InChI=1S/C13H27N/c1-4-13(5-2,11-14-6-3)12-9-7-8-10-12/h12,14H,4-11H2,1-3H3.